The number of benzene rings is 9. The average Bonchev–Trinajstić information content (AvgIpc) is 3.48. The monoisotopic (exact) mass is 732 g/mol. The number of anilines is 3. The van der Waals surface area contributed by atoms with Gasteiger partial charge in [-0.1, -0.05) is 147 Å². The van der Waals surface area contributed by atoms with Crippen LogP contribution in [-0.2, 0) is 5.41 Å². The van der Waals surface area contributed by atoms with Gasteiger partial charge < -0.3 is 4.90 Å². The molecule has 0 saturated carbocycles. The Morgan fingerprint density at radius 1 is 0.491 bits per heavy atom. The lowest BCUT2D eigenvalue weighted by molar-refractivity contribution is 0.628. The predicted molar refractivity (Wildman–Crippen MR) is 237 cm³/mol. The molecule has 57 heavy (non-hydrogen) atoms. The Bertz CT molecular complexity index is 3050. The van der Waals surface area contributed by atoms with Crippen LogP contribution in [0.25, 0.3) is 66.7 Å². The van der Waals surface area contributed by atoms with Gasteiger partial charge in [-0.05, 0) is 126 Å². The maximum atomic E-state index is 14.2. The van der Waals surface area contributed by atoms with Crippen molar-refractivity contribution in [2.24, 2.45) is 0 Å². The molecule has 0 heterocycles. The van der Waals surface area contributed by atoms with Gasteiger partial charge in [0, 0.05) is 27.9 Å². The van der Waals surface area contributed by atoms with Crippen molar-refractivity contribution in [3.05, 3.63) is 210 Å². The second-order valence-electron chi connectivity index (χ2n) is 15.3. The number of nitrogens with zero attached hydrogens (tertiary/aromatic N) is 2. The summed E-state index contributed by atoms with van der Waals surface area (Å²) in [6, 6.07) is 62.6. The highest BCUT2D eigenvalue weighted by Crippen LogP contribution is 2.51. The van der Waals surface area contributed by atoms with E-state index in [1.165, 1.54) is 39.9 Å². The summed E-state index contributed by atoms with van der Waals surface area (Å²) >= 11 is 0. The highest BCUT2D eigenvalue weighted by Gasteiger charge is 2.35. The molecular weight excluding hydrogens is 696 g/mol. The van der Waals surface area contributed by atoms with Gasteiger partial charge >= 0.3 is 0 Å². The number of hydrogen-bond acceptors (Lipinski definition) is 2. The number of hydrogen-bond donors (Lipinski definition) is 0. The lowest BCUT2D eigenvalue weighted by Gasteiger charge is -2.28. The van der Waals surface area contributed by atoms with Crippen molar-refractivity contribution in [2.75, 3.05) is 4.90 Å². The van der Waals surface area contributed by atoms with Gasteiger partial charge in [-0.3, -0.25) is 0 Å². The molecule has 0 radical (unpaired) electrons. The first-order valence-electron chi connectivity index (χ1n) is 19.3. The molecule has 0 aromatic heterocycles. The summed E-state index contributed by atoms with van der Waals surface area (Å²) in [4.78, 5) is 2.21. The van der Waals surface area contributed by atoms with Gasteiger partial charge in [-0.25, -0.2) is 4.39 Å². The van der Waals surface area contributed by atoms with Crippen LogP contribution in [0.15, 0.2) is 176 Å². The van der Waals surface area contributed by atoms with Gasteiger partial charge in [0.05, 0.1) is 11.6 Å². The third-order valence-corrected chi connectivity index (χ3v) is 11.8. The van der Waals surface area contributed by atoms with E-state index < -0.39 is 0 Å². The fourth-order valence-corrected chi connectivity index (χ4v) is 9.03. The van der Waals surface area contributed by atoms with Gasteiger partial charge in [0.25, 0.3) is 0 Å². The van der Waals surface area contributed by atoms with E-state index >= 15 is 0 Å². The Balaban J connectivity index is 1.06. The van der Waals surface area contributed by atoms with E-state index in [9.17, 15) is 9.65 Å². The van der Waals surface area contributed by atoms with E-state index in [0.717, 1.165) is 66.1 Å². The molecule has 0 amide bonds. The molecule has 270 valence electrons. The molecular formula is C54H37FN2. The summed E-state index contributed by atoms with van der Waals surface area (Å²) in [6.07, 6.45) is 4.42. The number of rotatable bonds is 6. The molecule has 9 aromatic rings. The molecule has 1 aliphatic rings. The number of halogens is 1. The van der Waals surface area contributed by atoms with Crippen LogP contribution in [0.3, 0.4) is 0 Å². The summed E-state index contributed by atoms with van der Waals surface area (Å²) in [5, 5.41) is 16.6. The Hall–Kier alpha value is -7.28. The van der Waals surface area contributed by atoms with Crippen LogP contribution in [0.2, 0.25) is 0 Å². The molecule has 3 heteroatoms. The van der Waals surface area contributed by atoms with Gasteiger partial charge in [0.1, 0.15) is 5.82 Å². The quantitative estimate of drug-likeness (QED) is 0.126. The van der Waals surface area contributed by atoms with Crippen molar-refractivity contribution in [2.45, 2.75) is 19.3 Å². The molecule has 10 rings (SSSR count). The summed E-state index contributed by atoms with van der Waals surface area (Å²) < 4.78 is 14.2. The maximum absolute atomic E-state index is 14.2. The van der Waals surface area contributed by atoms with Gasteiger partial charge in [0.15, 0.2) is 0 Å². The molecule has 0 aliphatic heterocycles. The highest BCUT2D eigenvalue weighted by atomic mass is 19.1. The van der Waals surface area contributed by atoms with Crippen molar-refractivity contribution in [3.8, 4) is 28.3 Å². The highest BCUT2D eigenvalue weighted by molar-refractivity contribution is 6.21. The van der Waals surface area contributed by atoms with Crippen molar-refractivity contribution >= 4 is 61.5 Å². The molecule has 0 saturated heterocycles. The SMILES string of the molecule is CC1(C)c2ccccc2-c2ccc(N(c3ccc(F)cc3)c3ccc(/C=C/c4c5ccccc5c(-c5ccc(C#N)c6ccccc56)c5ccccc45)cc3)cc21. The van der Waals surface area contributed by atoms with Crippen LogP contribution in [0.1, 0.15) is 41.7 Å². The minimum absolute atomic E-state index is 0.145. The first-order valence-corrected chi connectivity index (χ1v) is 19.3. The Morgan fingerprint density at radius 2 is 1.02 bits per heavy atom. The van der Waals surface area contributed by atoms with Crippen LogP contribution < -0.4 is 4.90 Å². The molecule has 1 aliphatic carbocycles. The number of fused-ring (bicyclic) bond motifs is 6. The fourth-order valence-electron chi connectivity index (χ4n) is 9.03. The van der Waals surface area contributed by atoms with Crippen molar-refractivity contribution in [1.29, 1.82) is 5.26 Å². The topological polar surface area (TPSA) is 27.0 Å². The van der Waals surface area contributed by atoms with Crippen molar-refractivity contribution < 1.29 is 4.39 Å². The largest absolute Gasteiger partial charge is 0.310 e. The van der Waals surface area contributed by atoms with Gasteiger partial charge in [0.2, 0.25) is 0 Å². The van der Waals surface area contributed by atoms with E-state index in [4.69, 9.17) is 0 Å². The van der Waals surface area contributed by atoms with E-state index in [1.54, 1.807) is 0 Å². The van der Waals surface area contributed by atoms with E-state index in [2.05, 4.69) is 164 Å². The lowest BCUT2D eigenvalue weighted by Crippen LogP contribution is -2.16. The summed E-state index contributed by atoms with van der Waals surface area (Å²) in [6.45, 7) is 4.58. The predicted octanol–water partition coefficient (Wildman–Crippen LogP) is 14.8. The molecule has 0 N–H and O–H groups in total. The standard InChI is InChI=1S/C54H37FN2/c1-54(2)51-18-10-9-15-46(51)47-32-29-40(33-52(47)54)57(39-27-23-37(55)24-28-39)38-25-19-35(20-26-38)21-30-45-43-13-5-7-16-48(43)53(49-17-8-6-14-44(45)49)50-31-22-36(34-56)41-11-3-4-12-42(41)50/h3-33H,1-2H3/b30-21+. The van der Waals surface area contributed by atoms with Gasteiger partial charge in [-0.15, -0.1) is 0 Å². The smallest absolute Gasteiger partial charge is 0.123 e. The Kier molecular flexibility index (Phi) is 8.09. The number of nitriles is 1. The molecule has 0 bridgehead atoms. The maximum Gasteiger partial charge on any atom is 0.123 e. The second kappa shape index (κ2) is 13.5. The zero-order valence-corrected chi connectivity index (χ0v) is 31.7. The zero-order valence-electron chi connectivity index (χ0n) is 31.7. The molecule has 9 aromatic carbocycles. The summed E-state index contributed by atoms with van der Waals surface area (Å²) in [5.41, 5.74) is 13.1. The van der Waals surface area contributed by atoms with Crippen LogP contribution in [0.5, 0.6) is 0 Å². The van der Waals surface area contributed by atoms with Crippen LogP contribution in [-0.4, -0.2) is 0 Å². The van der Waals surface area contributed by atoms with Gasteiger partial charge in [-0.2, -0.15) is 5.26 Å². The molecule has 0 atom stereocenters. The van der Waals surface area contributed by atoms with Crippen molar-refractivity contribution in [3.63, 3.8) is 0 Å². The fraction of sp³-hybridized carbons (Fsp3) is 0.0556. The minimum atomic E-state index is -0.261. The van der Waals surface area contributed by atoms with Crippen molar-refractivity contribution in [1.82, 2.24) is 0 Å². The van der Waals surface area contributed by atoms with E-state index in [-0.39, 0.29) is 11.2 Å². The summed E-state index contributed by atoms with van der Waals surface area (Å²) in [5.74, 6) is -0.261. The molecule has 0 spiro atoms. The van der Waals surface area contributed by atoms with Crippen LogP contribution in [0, 0.1) is 17.1 Å². The lowest BCUT2D eigenvalue weighted by atomic mass is 9.82. The zero-order chi connectivity index (χ0) is 38.7. The normalized spacial score (nSPS) is 12.9. The second-order valence-corrected chi connectivity index (χ2v) is 15.3. The molecule has 0 unspecified atom stereocenters. The average molecular weight is 733 g/mol. The summed E-state index contributed by atoms with van der Waals surface area (Å²) in [7, 11) is 0. The third-order valence-electron chi connectivity index (χ3n) is 11.8. The first-order chi connectivity index (χ1) is 27.9. The van der Waals surface area contributed by atoms with Crippen LogP contribution >= 0.6 is 0 Å². The Labute approximate surface area is 332 Å². The third kappa shape index (κ3) is 5.61. The van der Waals surface area contributed by atoms with Crippen LogP contribution in [0.4, 0.5) is 21.5 Å². The van der Waals surface area contributed by atoms with E-state index in [1.807, 2.05) is 36.4 Å². The molecule has 0 fully saturated rings. The minimum Gasteiger partial charge on any atom is -0.310 e. The van der Waals surface area contributed by atoms with E-state index in [0.29, 0.717) is 5.56 Å². The molecule has 2 nitrogen and oxygen atoms in total. The Morgan fingerprint density at radius 3 is 1.68 bits per heavy atom. The first kappa shape index (κ1) is 34.2.